The van der Waals surface area contributed by atoms with Crippen LogP contribution in [-0.4, -0.2) is 39.0 Å². The summed E-state index contributed by atoms with van der Waals surface area (Å²) in [5, 5.41) is 22.7. The van der Waals surface area contributed by atoms with Crippen molar-refractivity contribution in [3.8, 4) is 0 Å². The van der Waals surface area contributed by atoms with E-state index in [1.807, 2.05) is 13.2 Å². The first-order valence-electron chi connectivity index (χ1n) is 5.10. The van der Waals surface area contributed by atoms with Crippen LogP contribution >= 0.6 is 11.8 Å². The average molecular weight is 271 g/mol. The molecular formula is C10H13N3O4S. The van der Waals surface area contributed by atoms with E-state index in [0.717, 1.165) is 12.3 Å². The monoisotopic (exact) mass is 271 g/mol. The van der Waals surface area contributed by atoms with Gasteiger partial charge in [-0.25, -0.2) is 9.78 Å². The second kappa shape index (κ2) is 6.20. The van der Waals surface area contributed by atoms with Gasteiger partial charge in [0.2, 0.25) is 0 Å². The number of anilines is 1. The number of pyridine rings is 1. The molecule has 1 aromatic heterocycles. The third-order valence-electron chi connectivity index (χ3n) is 2.27. The molecule has 1 aromatic rings. The number of carboxylic acids is 1. The summed E-state index contributed by atoms with van der Waals surface area (Å²) in [6, 6.07) is 1.00. The Kier molecular flexibility index (Phi) is 4.90. The number of rotatable bonds is 6. The van der Waals surface area contributed by atoms with Gasteiger partial charge in [0.05, 0.1) is 4.92 Å². The van der Waals surface area contributed by atoms with E-state index in [4.69, 9.17) is 5.11 Å². The molecule has 1 rings (SSSR count). The average Bonchev–Trinajstić information content (AvgIpc) is 2.35. The van der Waals surface area contributed by atoms with E-state index < -0.39 is 10.9 Å². The van der Waals surface area contributed by atoms with Gasteiger partial charge in [0.1, 0.15) is 17.6 Å². The van der Waals surface area contributed by atoms with Crippen LogP contribution in [0.25, 0.3) is 0 Å². The molecule has 0 spiro atoms. The first-order chi connectivity index (χ1) is 8.45. The van der Waals surface area contributed by atoms with Crippen LogP contribution in [0.2, 0.25) is 0 Å². The number of hydrogen-bond donors (Lipinski definition) is 2. The van der Waals surface area contributed by atoms with Crippen molar-refractivity contribution >= 4 is 29.2 Å². The normalized spacial score (nSPS) is 11.9. The van der Waals surface area contributed by atoms with Crippen molar-refractivity contribution in [2.24, 2.45) is 0 Å². The summed E-state index contributed by atoms with van der Waals surface area (Å²) in [4.78, 5) is 24.7. The van der Waals surface area contributed by atoms with Gasteiger partial charge in [-0.1, -0.05) is 6.92 Å². The van der Waals surface area contributed by atoms with Crippen LogP contribution in [0.4, 0.5) is 11.5 Å². The molecule has 0 radical (unpaired) electrons. The van der Waals surface area contributed by atoms with Crippen molar-refractivity contribution in [2.45, 2.75) is 12.2 Å². The van der Waals surface area contributed by atoms with Crippen LogP contribution in [0, 0.1) is 10.1 Å². The highest BCUT2D eigenvalue weighted by Crippen LogP contribution is 2.19. The number of nitro groups is 1. The molecule has 18 heavy (non-hydrogen) atoms. The molecule has 0 saturated heterocycles. The number of nitrogens with one attached hydrogen (secondary N) is 1. The molecule has 0 fully saturated rings. The van der Waals surface area contributed by atoms with Crippen LogP contribution in [0.3, 0.4) is 0 Å². The third kappa shape index (κ3) is 3.59. The Morgan fingerprint density at radius 3 is 2.89 bits per heavy atom. The fraction of sp³-hybridized carbons (Fsp3) is 0.400. The van der Waals surface area contributed by atoms with Gasteiger partial charge in [0.25, 0.3) is 5.69 Å². The van der Waals surface area contributed by atoms with Gasteiger partial charge in [-0.2, -0.15) is 11.8 Å². The summed E-state index contributed by atoms with van der Waals surface area (Å²) in [6.07, 6.45) is 2.98. The van der Waals surface area contributed by atoms with Crippen LogP contribution in [0.5, 0.6) is 0 Å². The minimum Gasteiger partial charge on any atom is -0.478 e. The predicted octanol–water partition coefficient (Wildman–Crippen LogP) is 1.85. The van der Waals surface area contributed by atoms with Crippen molar-refractivity contribution in [3.63, 3.8) is 0 Å². The van der Waals surface area contributed by atoms with Gasteiger partial charge in [-0.15, -0.1) is 0 Å². The zero-order valence-electron chi connectivity index (χ0n) is 9.91. The molecule has 0 bridgehead atoms. The molecular weight excluding hydrogens is 258 g/mol. The fourth-order valence-corrected chi connectivity index (χ4v) is 1.43. The van der Waals surface area contributed by atoms with Crippen LogP contribution in [0.1, 0.15) is 17.3 Å². The van der Waals surface area contributed by atoms with Gasteiger partial charge in [-0.05, 0) is 6.26 Å². The first kappa shape index (κ1) is 14.2. The van der Waals surface area contributed by atoms with E-state index in [1.54, 1.807) is 11.8 Å². The lowest BCUT2D eigenvalue weighted by Gasteiger charge is -2.11. The molecule has 98 valence electrons. The lowest BCUT2D eigenvalue weighted by molar-refractivity contribution is -0.385. The topological polar surface area (TPSA) is 105 Å². The molecule has 8 heteroatoms. The van der Waals surface area contributed by atoms with Crippen molar-refractivity contribution in [3.05, 3.63) is 27.9 Å². The molecule has 0 amide bonds. The van der Waals surface area contributed by atoms with Crippen LogP contribution in [0.15, 0.2) is 12.3 Å². The van der Waals surface area contributed by atoms with Crippen molar-refractivity contribution in [1.82, 2.24) is 4.98 Å². The van der Waals surface area contributed by atoms with E-state index in [2.05, 4.69) is 10.3 Å². The molecule has 0 aliphatic carbocycles. The Labute approximate surface area is 108 Å². The number of thioether (sulfide) groups is 1. The highest BCUT2D eigenvalue weighted by atomic mass is 32.2. The lowest BCUT2D eigenvalue weighted by atomic mass is 10.2. The van der Waals surface area contributed by atoms with E-state index in [9.17, 15) is 14.9 Å². The van der Waals surface area contributed by atoms with Gasteiger partial charge in [0, 0.05) is 17.9 Å². The quantitative estimate of drug-likeness (QED) is 0.600. The summed E-state index contributed by atoms with van der Waals surface area (Å²) in [6.45, 7) is 2.51. The molecule has 1 atom stereocenters. The minimum atomic E-state index is -1.24. The van der Waals surface area contributed by atoms with E-state index in [1.165, 1.54) is 0 Å². The van der Waals surface area contributed by atoms with Gasteiger partial charge < -0.3 is 10.4 Å². The van der Waals surface area contributed by atoms with Crippen LogP contribution in [-0.2, 0) is 0 Å². The van der Waals surface area contributed by atoms with Crippen molar-refractivity contribution < 1.29 is 14.8 Å². The summed E-state index contributed by atoms with van der Waals surface area (Å²) in [7, 11) is 0. The summed E-state index contributed by atoms with van der Waals surface area (Å²) < 4.78 is 0. The number of carbonyl (C=O) groups is 1. The number of nitrogens with zero attached hydrogens (tertiary/aromatic N) is 2. The molecule has 1 heterocycles. The molecule has 0 aliphatic heterocycles. The summed E-state index contributed by atoms with van der Waals surface area (Å²) in [5.41, 5.74) is -0.534. The number of carboxylic acid groups (broad SMARTS) is 1. The van der Waals surface area contributed by atoms with Gasteiger partial charge >= 0.3 is 5.97 Å². The Bertz CT molecular complexity index is 466. The van der Waals surface area contributed by atoms with E-state index in [-0.39, 0.29) is 22.3 Å². The first-order valence-corrected chi connectivity index (χ1v) is 6.39. The zero-order valence-corrected chi connectivity index (χ0v) is 10.7. The summed E-state index contributed by atoms with van der Waals surface area (Å²) >= 11 is 1.62. The third-order valence-corrected chi connectivity index (χ3v) is 3.25. The molecule has 2 N–H and O–H groups in total. The molecule has 0 aromatic carbocycles. The second-order valence-electron chi connectivity index (χ2n) is 3.58. The fourth-order valence-electron chi connectivity index (χ4n) is 1.18. The SMILES string of the molecule is CSC(C)CNc1ncc([N+](=O)[O-])cc1C(=O)O. The van der Waals surface area contributed by atoms with E-state index in [0.29, 0.717) is 6.54 Å². The van der Waals surface area contributed by atoms with Gasteiger partial charge in [0.15, 0.2) is 0 Å². The predicted molar refractivity (Wildman–Crippen MR) is 69.3 cm³/mol. The number of hydrogen-bond acceptors (Lipinski definition) is 6. The second-order valence-corrected chi connectivity index (χ2v) is 4.86. The maximum absolute atomic E-state index is 11.0. The highest BCUT2D eigenvalue weighted by Gasteiger charge is 2.17. The molecule has 0 saturated carbocycles. The van der Waals surface area contributed by atoms with Crippen molar-refractivity contribution in [1.29, 1.82) is 0 Å². The molecule has 1 unspecified atom stereocenters. The Hall–Kier alpha value is -1.83. The van der Waals surface area contributed by atoms with Gasteiger partial charge in [-0.3, -0.25) is 10.1 Å². The Morgan fingerprint density at radius 2 is 2.39 bits per heavy atom. The maximum Gasteiger partial charge on any atom is 0.339 e. The van der Waals surface area contributed by atoms with E-state index >= 15 is 0 Å². The molecule has 0 aliphatic rings. The smallest absolute Gasteiger partial charge is 0.339 e. The van der Waals surface area contributed by atoms with Crippen LogP contribution < -0.4 is 5.32 Å². The Balaban J connectivity index is 2.97. The highest BCUT2D eigenvalue weighted by molar-refractivity contribution is 7.99. The lowest BCUT2D eigenvalue weighted by Crippen LogP contribution is -2.16. The summed E-state index contributed by atoms with van der Waals surface area (Å²) in [5.74, 6) is -1.10. The number of aromatic nitrogens is 1. The zero-order chi connectivity index (χ0) is 13.7. The maximum atomic E-state index is 11.0. The minimum absolute atomic E-state index is 0.147. The molecule has 7 nitrogen and oxygen atoms in total. The van der Waals surface area contributed by atoms with Crippen molar-refractivity contribution in [2.75, 3.05) is 18.1 Å². The largest absolute Gasteiger partial charge is 0.478 e. The standard InChI is InChI=1S/C10H13N3O4S/c1-6(18-2)4-11-9-8(10(14)15)3-7(5-12-9)13(16)17/h3,5-6H,4H2,1-2H3,(H,11,12)(H,14,15). The number of aromatic carboxylic acids is 1. The Morgan fingerprint density at radius 1 is 1.72 bits per heavy atom.